The summed E-state index contributed by atoms with van der Waals surface area (Å²) in [4.78, 5) is 25.6. The Kier molecular flexibility index (Phi) is 4.12. The molecule has 110 valence electrons. The van der Waals surface area contributed by atoms with Gasteiger partial charge in [-0.2, -0.15) is 0 Å². The van der Waals surface area contributed by atoms with Crippen LogP contribution >= 0.6 is 0 Å². The molecule has 0 saturated heterocycles. The molecule has 0 fully saturated rings. The summed E-state index contributed by atoms with van der Waals surface area (Å²) in [5, 5.41) is 16.9. The molecular weight excluding hydrogens is 280 g/mol. The van der Waals surface area contributed by atoms with Crippen LogP contribution < -0.4 is 10.1 Å². The molecule has 21 heavy (non-hydrogen) atoms. The third-order valence-corrected chi connectivity index (χ3v) is 2.48. The molecule has 1 amide bonds. The van der Waals surface area contributed by atoms with Crippen molar-refractivity contribution in [1.29, 1.82) is 0 Å². The van der Waals surface area contributed by atoms with Gasteiger partial charge in [-0.15, -0.1) is 0 Å². The molecule has 0 aliphatic rings. The Morgan fingerprint density at radius 1 is 1.57 bits per heavy atom. The monoisotopic (exact) mass is 292 g/mol. The molecule has 2 aromatic rings. The highest BCUT2D eigenvalue weighted by Gasteiger charge is 2.22. The van der Waals surface area contributed by atoms with E-state index in [1.807, 2.05) is 0 Å². The van der Waals surface area contributed by atoms with Crippen molar-refractivity contribution in [3.05, 3.63) is 40.3 Å². The predicted molar refractivity (Wildman–Crippen MR) is 70.9 cm³/mol. The number of aryl methyl sites for hydroxylation is 1. The largest absolute Gasteiger partial charge is 0.473 e. The second kappa shape index (κ2) is 5.99. The van der Waals surface area contributed by atoms with Crippen molar-refractivity contribution in [3.63, 3.8) is 0 Å². The smallest absolute Gasteiger partial charge is 0.406 e. The van der Waals surface area contributed by atoms with Gasteiger partial charge in [0.25, 0.3) is 5.91 Å². The molecule has 9 nitrogen and oxygen atoms in total. The van der Waals surface area contributed by atoms with Crippen LogP contribution in [0.4, 0.5) is 11.6 Å². The Hall–Kier alpha value is -2.97. The highest BCUT2D eigenvalue weighted by atomic mass is 16.6. The summed E-state index contributed by atoms with van der Waals surface area (Å²) in [6, 6.07) is 4.39. The summed E-state index contributed by atoms with van der Waals surface area (Å²) in [6.07, 6.45) is 0.304. The van der Waals surface area contributed by atoms with Gasteiger partial charge >= 0.3 is 5.82 Å². The molecule has 2 heterocycles. The fourth-order valence-corrected chi connectivity index (χ4v) is 1.51. The van der Waals surface area contributed by atoms with Gasteiger partial charge in [-0.25, -0.2) is 0 Å². The number of nitro groups is 1. The zero-order valence-corrected chi connectivity index (χ0v) is 11.3. The average molecular weight is 292 g/mol. The van der Waals surface area contributed by atoms with Crippen LogP contribution in [0.5, 0.6) is 5.75 Å². The van der Waals surface area contributed by atoms with Gasteiger partial charge < -0.3 is 24.7 Å². The van der Waals surface area contributed by atoms with Crippen molar-refractivity contribution in [2.45, 2.75) is 20.0 Å². The van der Waals surface area contributed by atoms with Crippen LogP contribution in [-0.4, -0.2) is 27.1 Å². The number of rotatable bonds is 5. The quantitative estimate of drug-likeness (QED) is 0.657. The standard InChI is InChI=1S/C12H12N4O5/c1-7-6-10(15-21-7)14-12(17)8(2)20-9-4-3-5-13-11(9)16(18)19/h3-6,8H,1-2H3,(H,14,15,17)/t8-/m0/s1. The molecule has 2 rings (SSSR count). The number of nitrogens with zero attached hydrogens (tertiary/aromatic N) is 3. The van der Waals surface area contributed by atoms with Crippen molar-refractivity contribution >= 4 is 17.5 Å². The maximum atomic E-state index is 11.9. The summed E-state index contributed by atoms with van der Waals surface area (Å²) < 4.78 is 10.1. The van der Waals surface area contributed by atoms with Crippen molar-refractivity contribution in [1.82, 2.24) is 10.1 Å². The molecule has 1 atom stereocenters. The number of pyridine rings is 1. The number of ether oxygens (including phenoxy) is 1. The van der Waals surface area contributed by atoms with E-state index in [0.29, 0.717) is 5.76 Å². The molecule has 9 heteroatoms. The lowest BCUT2D eigenvalue weighted by Gasteiger charge is -2.13. The predicted octanol–water partition coefficient (Wildman–Crippen LogP) is 1.69. The van der Waals surface area contributed by atoms with Crippen LogP contribution in [0.1, 0.15) is 12.7 Å². The first-order valence-electron chi connectivity index (χ1n) is 5.97. The number of nitrogens with one attached hydrogen (secondary N) is 1. The number of anilines is 1. The Balaban J connectivity index is 2.05. The van der Waals surface area contributed by atoms with E-state index in [1.165, 1.54) is 31.3 Å². The highest BCUT2D eigenvalue weighted by molar-refractivity contribution is 5.93. The third-order valence-electron chi connectivity index (χ3n) is 2.48. The normalized spacial score (nSPS) is 11.7. The molecule has 0 bridgehead atoms. The van der Waals surface area contributed by atoms with E-state index in [-0.39, 0.29) is 11.6 Å². The molecule has 0 aliphatic heterocycles. The molecule has 0 radical (unpaired) electrons. The highest BCUT2D eigenvalue weighted by Crippen LogP contribution is 2.24. The molecule has 2 aromatic heterocycles. The van der Waals surface area contributed by atoms with E-state index in [9.17, 15) is 14.9 Å². The number of hydrogen-bond donors (Lipinski definition) is 1. The van der Waals surface area contributed by atoms with Crippen molar-refractivity contribution in [2.24, 2.45) is 0 Å². The number of carbonyl (C=O) groups is 1. The van der Waals surface area contributed by atoms with E-state index in [0.717, 1.165) is 0 Å². The minimum atomic E-state index is -0.968. The van der Waals surface area contributed by atoms with Gasteiger partial charge in [0.2, 0.25) is 5.75 Å². The number of carbonyl (C=O) groups excluding carboxylic acids is 1. The van der Waals surface area contributed by atoms with E-state index >= 15 is 0 Å². The molecule has 0 saturated carbocycles. The second-order valence-electron chi connectivity index (χ2n) is 4.15. The summed E-state index contributed by atoms with van der Waals surface area (Å²) in [5.74, 6) is -0.257. The Bertz CT molecular complexity index is 669. The summed E-state index contributed by atoms with van der Waals surface area (Å²) in [7, 11) is 0. The van der Waals surface area contributed by atoms with Crippen LogP contribution in [0.3, 0.4) is 0 Å². The van der Waals surface area contributed by atoms with Gasteiger partial charge in [-0.3, -0.25) is 4.79 Å². The van der Waals surface area contributed by atoms with Gasteiger partial charge in [-0.05, 0) is 35.9 Å². The first kappa shape index (κ1) is 14.4. The van der Waals surface area contributed by atoms with Crippen LogP contribution in [0.25, 0.3) is 0 Å². The molecule has 0 spiro atoms. The van der Waals surface area contributed by atoms with Crippen LogP contribution in [-0.2, 0) is 4.79 Å². The molecule has 1 N–H and O–H groups in total. The van der Waals surface area contributed by atoms with Gasteiger partial charge in [-0.1, -0.05) is 5.16 Å². The minimum absolute atomic E-state index is 0.0820. The second-order valence-corrected chi connectivity index (χ2v) is 4.15. The maximum Gasteiger partial charge on any atom is 0.406 e. The fraction of sp³-hybridized carbons (Fsp3) is 0.250. The zero-order chi connectivity index (χ0) is 15.4. The van der Waals surface area contributed by atoms with Gasteiger partial charge in [0.15, 0.2) is 11.9 Å². The third kappa shape index (κ3) is 3.53. The zero-order valence-electron chi connectivity index (χ0n) is 11.3. The van der Waals surface area contributed by atoms with Crippen LogP contribution in [0, 0.1) is 17.0 Å². The van der Waals surface area contributed by atoms with Gasteiger partial charge in [0.05, 0.1) is 0 Å². The topological polar surface area (TPSA) is 120 Å². The van der Waals surface area contributed by atoms with Crippen LogP contribution in [0.15, 0.2) is 28.9 Å². The summed E-state index contributed by atoms with van der Waals surface area (Å²) in [6.45, 7) is 3.14. The molecule has 0 aromatic carbocycles. The van der Waals surface area contributed by atoms with Gasteiger partial charge in [0, 0.05) is 6.07 Å². The summed E-state index contributed by atoms with van der Waals surface area (Å²) in [5.41, 5.74) is 0. The number of aromatic nitrogens is 2. The Morgan fingerprint density at radius 3 is 2.95 bits per heavy atom. The lowest BCUT2D eigenvalue weighted by Crippen LogP contribution is -2.30. The van der Waals surface area contributed by atoms with E-state index in [4.69, 9.17) is 9.26 Å². The number of hydrogen-bond acceptors (Lipinski definition) is 7. The van der Waals surface area contributed by atoms with E-state index in [2.05, 4.69) is 15.5 Å². The Morgan fingerprint density at radius 2 is 2.33 bits per heavy atom. The SMILES string of the molecule is Cc1cc(NC(=O)[C@H](C)Oc2cccnc2[N+](=O)[O-])no1. The molecular formula is C12H12N4O5. The first-order chi connectivity index (χ1) is 9.97. The minimum Gasteiger partial charge on any atom is -0.473 e. The number of amides is 1. The van der Waals surface area contributed by atoms with Crippen molar-refractivity contribution < 1.29 is 19.0 Å². The summed E-state index contributed by atoms with van der Waals surface area (Å²) >= 11 is 0. The maximum absolute atomic E-state index is 11.9. The lowest BCUT2D eigenvalue weighted by atomic mass is 10.3. The van der Waals surface area contributed by atoms with Crippen molar-refractivity contribution in [3.8, 4) is 5.75 Å². The lowest BCUT2D eigenvalue weighted by molar-refractivity contribution is -0.390. The first-order valence-corrected chi connectivity index (χ1v) is 5.97. The van der Waals surface area contributed by atoms with E-state index < -0.39 is 22.8 Å². The average Bonchev–Trinajstić information content (AvgIpc) is 2.84. The Labute approximate surface area is 119 Å². The van der Waals surface area contributed by atoms with Crippen LogP contribution in [0.2, 0.25) is 0 Å². The molecule has 0 unspecified atom stereocenters. The van der Waals surface area contributed by atoms with Gasteiger partial charge in [0.1, 0.15) is 12.0 Å². The van der Waals surface area contributed by atoms with E-state index in [1.54, 1.807) is 6.92 Å². The van der Waals surface area contributed by atoms with Crippen molar-refractivity contribution in [2.75, 3.05) is 5.32 Å². The fourth-order valence-electron chi connectivity index (χ4n) is 1.51. The molecule has 0 aliphatic carbocycles.